The van der Waals surface area contributed by atoms with Gasteiger partial charge in [-0.2, -0.15) is 0 Å². The fourth-order valence-electron chi connectivity index (χ4n) is 6.48. The summed E-state index contributed by atoms with van der Waals surface area (Å²) in [5, 5.41) is 26.4. The first-order valence-corrected chi connectivity index (χ1v) is 16.2. The minimum absolute atomic E-state index is 0.187. The van der Waals surface area contributed by atoms with Crippen molar-refractivity contribution >= 4 is 67.4 Å². The number of hydrogen-bond acceptors (Lipinski definition) is 4. The predicted octanol–water partition coefficient (Wildman–Crippen LogP) is 10.4. The lowest BCUT2D eigenvalue weighted by Crippen LogP contribution is -1.97. The highest BCUT2D eigenvalue weighted by atomic mass is 16.3. The van der Waals surface area contributed by atoms with Crippen molar-refractivity contribution in [1.29, 1.82) is 0 Å². The number of phenolic OH excluding ortho intramolecular Hbond substituents is 2. The number of nitrogens with zero attached hydrogens (tertiary/aromatic N) is 4. The highest BCUT2D eigenvalue weighted by Gasteiger charge is 2.15. The minimum Gasteiger partial charge on any atom is -0.507 e. The van der Waals surface area contributed by atoms with Gasteiger partial charge in [0.05, 0.1) is 22.4 Å². The van der Waals surface area contributed by atoms with Gasteiger partial charge in [-0.1, -0.05) is 75.2 Å². The molecule has 7 rings (SSSR count). The Morgan fingerprint density at radius 3 is 1.37 bits per heavy atom. The SMILES string of the molecule is CCCCn1c2ccccc2c2cc(O)c(C=Nc3ccccc3N=Cc3cc4c(cc3O)c3ccccc3n4CCCC)cc21. The number of fused-ring (bicyclic) bond motifs is 6. The van der Waals surface area contributed by atoms with Gasteiger partial charge in [0, 0.05) is 69.2 Å². The Balaban J connectivity index is 1.24. The fourth-order valence-corrected chi connectivity index (χ4v) is 6.48. The van der Waals surface area contributed by atoms with Gasteiger partial charge in [0.1, 0.15) is 11.5 Å². The lowest BCUT2D eigenvalue weighted by Gasteiger charge is -2.08. The van der Waals surface area contributed by atoms with E-state index in [9.17, 15) is 10.2 Å². The summed E-state index contributed by atoms with van der Waals surface area (Å²) in [5.41, 5.74) is 7.15. The molecule has 0 spiro atoms. The van der Waals surface area contributed by atoms with Gasteiger partial charge in [0.15, 0.2) is 0 Å². The van der Waals surface area contributed by atoms with Gasteiger partial charge in [-0.15, -0.1) is 0 Å². The minimum atomic E-state index is 0.187. The number of aryl methyl sites for hydroxylation is 2. The number of rotatable bonds is 10. The van der Waals surface area contributed by atoms with E-state index in [-0.39, 0.29) is 11.5 Å². The van der Waals surface area contributed by atoms with Gasteiger partial charge in [-0.25, -0.2) is 0 Å². The summed E-state index contributed by atoms with van der Waals surface area (Å²) in [6.45, 7) is 6.23. The lowest BCUT2D eigenvalue weighted by molar-refractivity contribution is 0.474. The lowest BCUT2D eigenvalue weighted by atomic mass is 10.1. The second-order valence-corrected chi connectivity index (χ2v) is 11.9. The number of aromatic hydroxyl groups is 2. The van der Waals surface area contributed by atoms with Crippen LogP contribution in [-0.4, -0.2) is 31.8 Å². The zero-order valence-electron chi connectivity index (χ0n) is 26.3. The van der Waals surface area contributed by atoms with Crippen LogP contribution in [0.2, 0.25) is 0 Å². The molecule has 0 saturated heterocycles. The molecule has 0 fully saturated rings. The van der Waals surface area contributed by atoms with Crippen LogP contribution in [0.1, 0.15) is 50.7 Å². The molecule has 2 heterocycles. The molecule has 0 saturated carbocycles. The van der Waals surface area contributed by atoms with Gasteiger partial charge >= 0.3 is 0 Å². The highest BCUT2D eigenvalue weighted by Crippen LogP contribution is 2.36. The number of aliphatic imine (C=N–C) groups is 2. The first-order chi connectivity index (χ1) is 22.6. The van der Waals surface area contributed by atoms with Crippen LogP contribution in [0, 0.1) is 0 Å². The maximum absolute atomic E-state index is 11.0. The normalized spacial score (nSPS) is 12.2. The summed E-state index contributed by atoms with van der Waals surface area (Å²) in [5.74, 6) is 0.375. The summed E-state index contributed by atoms with van der Waals surface area (Å²) in [7, 11) is 0. The summed E-state index contributed by atoms with van der Waals surface area (Å²) in [4.78, 5) is 9.55. The largest absolute Gasteiger partial charge is 0.507 e. The monoisotopic (exact) mass is 606 g/mol. The van der Waals surface area contributed by atoms with Crippen LogP contribution in [0.4, 0.5) is 11.4 Å². The van der Waals surface area contributed by atoms with Crippen molar-refractivity contribution in [3.63, 3.8) is 0 Å². The third kappa shape index (κ3) is 5.30. The van der Waals surface area contributed by atoms with Crippen LogP contribution < -0.4 is 0 Å². The topological polar surface area (TPSA) is 75.0 Å². The Morgan fingerprint density at radius 2 is 0.935 bits per heavy atom. The summed E-state index contributed by atoms with van der Waals surface area (Å²) >= 11 is 0. The number of hydrogen-bond donors (Lipinski definition) is 2. The molecule has 0 unspecified atom stereocenters. The molecule has 2 aromatic heterocycles. The standard InChI is InChI=1S/C40H38N4O2/c1-3-5-19-43-35-17-11-7-13-29(35)31-23-39(45)27(21-37(31)43)25-41-33-15-9-10-16-34(33)42-26-28-22-38-32(24-40(28)46)30-14-8-12-18-36(30)44(38)20-6-4-2/h7-18,21-26,45-46H,3-6,19-20H2,1-2H3. The van der Waals surface area contributed by atoms with Gasteiger partial charge < -0.3 is 19.3 Å². The van der Waals surface area contributed by atoms with Crippen LogP contribution in [-0.2, 0) is 13.1 Å². The maximum Gasteiger partial charge on any atom is 0.125 e. The molecule has 6 heteroatoms. The van der Waals surface area contributed by atoms with E-state index >= 15 is 0 Å². The van der Waals surface area contributed by atoms with Crippen molar-refractivity contribution in [2.75, 3.05) is 0 Å². The molecule has 0 amide bonds. The van der Waals surface area contributed by atoms with Crippen LogP contribution in [0.25, 0.3) is 43.6 Å². The molecule has 0 aliphatic rings. The molecule has 230 valence electrons. The zero-order chi connectivity index (χ0) is 31.6. The Labute approximate surface area is 268 Å². The fraction of sp³-hybridized carbons (Fsp3) is 0.200. The molecule has 0 bridgehead atoms. The first-order valence-electron chi connectivity index (χ1n) is 16.2. The Morgan fingerprint density at radius 1 is 0.522 bits per heavy atom. The molecule has 7 aromatic rings. The van der Waals surface area contributed by atoms with E-state index < -0.39 is 0 Å². The second kappa shape index (κ2) is 12.6. The number of para-hydroxylation sites is 4. The molecule has 6 nitrogen and oxygen atoms in total. The quantitative estimate of drug-likeness (QED) is 0.152. The average Bonchev–Trinajstić information content (AvgIpc) is 3.55. The molecule has 0 aliphatic carbocycles. The number of unbranched alkanes of at least 4 members (excludes halogenated alkanes) is 2. The van der Waals surface area contributed by atoms with E-state index in [1.165, 1.54) is 11.0 Å². The molecule has 0 aliphatic heterocycles. The maximum atomic E-state index is 11.0. The average molecular weight is 607 g/mol. The Kier molecular flexibility index (Phi) is 8.02. The molecule has 0 radical (unpaired) electrons. The smallest absolute Gasteiger partial charge is 0.125 e. The third-order valence-electron chi connectivity index (χ3n) is 8.88. The second-order valence-electron chi connectivity index (χ2n) is 11.9. The first kappa shape index (κ1) is 29.4. The van der Waals surface area contributed by atoms with Crippen molar-refractivity contribution in [3.05, 3.63) is 108 Å². The van der Waals surface area contributed by atoms with Crippen LogP contribution in [0.3, 0.4) is 0 Å². The van der Waals surface area contributed by atoms with E-state index in [4.69, 9.17) is 9.98 Å². The number of benzene rings is 5. The molecular weight excluding hydrogens is 568 g/mol. The van der Waals surface area contributed by atoms with Crippen LogP contribution in [0.15, 0.2) is 107 Å². The van der Waals surface area contributed by atoms with E-state index in [2.05, 4.69) is 59.4 Å². The number of aromatic nitrogens is 2. The van der Waals surface area contributed by atoms with E-state index in [1.807, 2.05) is 60.7 Å². The van der Waals surface area contributed by atoms with Gasteiger partial charge in [-0.05, 0) is 61.4 Å². The Hall–Kier alpha value is -5.36. The summed E-state index contributed by atoms with van der Waals surface area (Å²) in [6, 6.07) is 32.1. The van der Waals surface area contributed by atoms with E-state index in [1.54, 1.807) is 12.4 Å². The Bertz CT molecular complexity index is 2110. The highest BCUT2D eigenvalue weighted by molar-refractivity contribution is 6.11. The summed E-state index contributed by atoms with van der Waals surface area (Å²) < 4.78 is 4.68. The molecule has 0 atom stereocenters. The predicted molar refractivity (Wildman–Crippen MR) is 193 cm³/mol. The molecule has 2 N–H and O–H groups in total. The van der Waals surface area contributed by atoms with Gasteiger partial charge in [0.25, 0.3) is 0 Å². The van der Waals surface area contributed by atoms with Crippen molar-refractivity contribution in [2.24, 2.45) is 9.98 Å². The summed E-state index contributed by atoms with van der Waals surface area (Å²) in [6.07, 6.45) is 7.78. The van der Waals surface area contributed by atoms with Crippen molar-refractivity contribution in [3.8, 4) is 11.5 Å². The van der Waals surface area contributed by atoms with Crippen LogP contribution in [0.5, 0.6) is 11.5 Å². The molecular formula is C40H38N4O2. The van der Waals surface area contributed by atoms with Crippen LogP contribution >= 0.6 is 0 Å². The van der Waals surface area contributed by atoms with Gasteiger partial charge in [0.2, 0.25) is 0 Å². The van der Waals surface area contributed by atoms with E-state index in [0.717, 1.165) is 71.4 Å². The van der Waals surface area contributed by atoms with E-state index in [0.29, 0.717) is 22.5 Å². The third-order valence-corrected chi connectivity index (χ3v) is 8.88. The molecule has 46 heavy (non-hydrogen) atoms. The van der Waals surface area contributed by atoms with Gasteiger partial charge in [-0.3, -0.25) is 9.98 Å². The van der Waals surface area contributed by atoms with Crippen molar-refractivity contribution in [2.45, 2.75) is 52.6 Å². The molecule has 5 aromatic carbocycles. The number of phenols is 2. The van der Waals surface area contributed by atoms with Crippen molar-refractivity contribution in [1.82, 2.24) is 9.13 Å². The zero-order valence-corrected chi connectivity index (χ0v) is 26.3. The van der Waals surface area contributed by atoms with Crippen molar-refractivity contribution < 1.29 is 10.2 Å².